The molecule has 1 aliphatic rings. The number of amides is 1. The molecule has 2 N–H and O–H groups in total. The van der Waals surface area contributed by atoms with Gasteiger partial charge in [-0.15, -0.1) is 0 Å². The van der Waals surface area contributed by atoms with Crippen LogP contribution in [0.4, 0.5) is 5.69 Å². The van der Waals surface area contributed by atoms with E-state index in [0.29, 0.717) is 6.42 Å². The van der Waals surface area contributed by atoms with E-state index in [1.807, 2.05) is 19.1 Å². The van der Waals surface area contributed by atoms with Gasteiger partial charge in [0.15, 0.2) is 0 Å². The molecule has 0 bridgehead atoms. The highest BCUT2D eigenvalue weighted by Crippen LogP contribution is 2.27. The molecule has 1 aromatic rings. The molecular weight excluding hydrogens is 228 g/mol. The lowest BCUT2D eigenvalue weighted by atomic mass is 10.1. The van der Waals surface area contributed by atoms with Crippen molar-refractivity contribution < 1.29 is 9.53 Å². The van der Waals surface area contributed by atoms with Gasteiger partial charge in [0.2, 0.25) is 5.91 Å². The van der Waals surface area contributed by atoms with Crippen molar-refractivity contribution in [1.29, 1.82) is 0 Å². The van der Waals surface area contributed by atoms with Crippen LogP contribution in [0.3, 0.4) is 0 Å². The third-order valence-corrected chi connectivity index (χ3v) is 3.20. The summed E-state index contributed by atoms with van der Waals surface area (Å²) in [7, 11) is 1.66. The minimum absolute atomic E-state index is 0.122. The van der Waals surface area contributed by atoms with Gasteiger partial charge < -0.3 is 15.4 Å². The van der Waals surface area contributed by atoms with Crippen LogP contribution in [0.5, 0.6) is 5.75 Å². The summed E-state index contributed by atoms with van der Waals surface area (Å²) < 4.78 is 5.34. The summed E-state index contributed by atoms with van der Waals surface area (Å²) in [5.41, 5.74) is 2.15. The Hall–Kier alpha value is -1.71. The standard InChI is InChI=1S/C14H20N2O2/c1-10-5-6-13(18-2)12(8-10)16-11-4-3-7-15-14(17)9-11/h5-6,8,11,16H,3-4,7,9H2,1-2H3,(H,15,17). The van der Waals surface area contributed by atoms with E-state index in [1.54, 1.807) is 7.11 Å². The molecule has 4 nitrogen and oxygen atoms in total. The summed E-state index contributed by atoms with van der Waals surface area (Å²) in [6.45, 7) is 2.83. The molecule has 0 saturated carbocycles. The number of benzene rings is 1. The SMILES string of the molecule is COc1ccc(C)cc1NC1CCCNC(=O)C1. The summed E-state index contributed by atoms with van der Waals surface area (Å²) in [5, 5.41) is 6.32. The predicted molar refractivity (Wildman–Crippen MR) is 72.0 cm³/mol. The zero-order valence-electron chi connectivity index (χ0n) is 11.0. The Morgan fingerprint density at radius 3 is 3.06 bits per heavy atom. The maximum atomic E-state index is 11.5. The summed E-state index contributed by atoms with van der Waals surface area (Å²) in [6, 6.07) is 6.21. The Morgan fingerprint density at radius 1 is 1.44 bits per heavy atom. The number of hydrogen-bond acceptors (Lipinski definition) is 3. The third-order valence-electron chi connectivity index (χ3n) is 3.20. The Bertz CT molecular complexity index is 432. The molecule has 18 heavy (non-hydrogen) atoms. The van der Waals surface area contributed by atoms with E-state index >= 15 is 0 Å². The predicted octanol–water partition coefficient (Wildman–Crippen LogP) is 2.08. The lowest BCUT2D eigenvalue weighted by molar-refractivity contribution is -0.120. The van der Waals surface area contributed by atoms with Crippen molar-refractivity contribution >= 4 is 11.6 Å². The molecular formula is C14H20N2O2. The van der Waals surface area contributed by atoms with Crippen LogP contribution < -0.4 is 15.4 Å². The molecule has 0 aliphatic carbocycles. The minimum Gasteiger partial charge on any atom is -0.495 e. The second-order valence-corrected chi connectivity index (χ2v) is 4.74. The molecule has 2 rings (SSSR count). The van der Waals surface area contributed by atoms with Crippen molar-refractivity contribution in [3.8, 4) is 5.75 Å². The van der Waals surface area contributed by atoms with Gasteiger partial charge in [-0.25, -0.2) is 0 Å². The van der Waals surface area contributed by atoms with E-state index in [0.717, 1.165) is 30.8 Å². The number of methoxy groups -OCH3 is 1. The maximum absolute atomic E-state index is 11.5. The number of aryl methyl sites for hydroxylation is 1. The largest absolute Gasteiger partial charge is 0.495 e. The van der Waals surface area contributed by atoms with Crippen LogP contribution in [-0.2, 0) is 4.79 Å². The Balaban J connectivity index is 2.12. The van der Waals surface area contributed by atoms with E-state index in [1.165, 1.54) is 5.56 Å². The third kappa shape index (κ3) is 3.15. The van der Waals surface area contributed by atoms with E-state index in [9.17, 15) is 4.79 Å². The molecule has 0 spiro atoms. The fourth-order valence-corrected chi connectivity index (χ4v) is 2.25. The highest BCUT2D eigenvalue weighted by atomic mass is 16.5. The van der Waals surface area contributed by atoms with Crippen LogP contribution in [0.15, 0.2) is 18.2 Å². The zero-order valence-corrected chi connectivity index (χ0v) is 11.0. The van der Waals surface area contributed by atoms with Gasteiger partial charge in [0.1, 0.15) is 5.75 Å². The van der Waals surface area contributed by atoms with Gasteiger partial charge in [0.25, 0.3) is 0 Å². The number of carbonyl (C=O) groups is 1. The number of nitrogens with one attached hydrogen (secondary N) is 2. The van der Waals surface area contributed by atoms with Crippen molar-refractivity contribution in [3.05, 3.63) is 23.8 Å². The number of rotatable bonds is 3. The molecule has 0 aromatic heterocycles. The molecule has 1 unspecified atom stereocenters. The van der Waals surface area contributed by atoms with Crippen LogP contribution >= 0.6 is 0 Å². The lowest BCUT2D eigenvalue weighted by Crippen LogP contribution is -2.27. The highest BCUT2D eigenvalue weighted by Gasteiger charge is 2.18. The van der Waals surface area contributed by atoms with Crippen LogP contribution in [0, 0.1) is 6.92 Å². The molecule has 1 saturated heterocycles. The van der Waals surface area contributed by atoms with Gasteiger partial charge in [-0.05, 0) is 37.5 Å². The van der Waals surface area contributed by atoms with Crippen molar-refractivity contribution in [1.82, 2.24) is 5.32 Å². The van der Waals surface area contributed by atoms with Gasteiger partial charge in [-0.1, -0.05) is 6.07 Å². The summed E-state index contributed by atoms with van der Waals surface area (Å²) in [5.74, 6) is 0.946. The highest BCUT2D eigenvalue weighted by molar-refractivity contribution is 5.77. The Labute approximate surface area is 108 Å². The fourth-order valence-electron chi connectivity index (χ4n) is 2.25. The zero-order chi connectivity index (χ0) is 13.0. The van der Waals surface area contributed by atoms with Crippen molar-refractivity contribution in [3.63, 3.8) is 0 Å². The Morgan fingerprint density at radius 2 is 2.28 bits per heavy atom. The van der Waals surface area contributed by atoms with Gasteiger partial charge in [0.05, 0.1) is 12.8 Å². The summed E-state index contributed by atoms with van der Waals surface area (Å²) >= 11 is 0. The van der Waals surface area contributed by atoms with E-state index in [4.69, 9.17) is 4.74 Å². The Kier molecular flexibility index (Phi) is 4.07. The van der Waals surface area contributed by atoms with Crippen LogP contribution in [-0.4, -0.2) is 25.6 Å². The summed E-state index contributed by atoms with van der Waals surface area (Å²) in [6.07, 6.45) is 2.53. The number of ether oxygens (including phenoxy) is 1. The van der Waals surface area contributed by atoms with Crippen molar-refractivity contribution in [2.45, 2.75) is 32.2 Å². The molecule has 1 atom stereocenters. The fraction of sp³-hybridized carbons (Fsp3) is 0.500. The quantitative estimate of drug-likeness (QED) is 0.861. The first kappa shape index (κ1) is 12.7. The average Bonchev–Trinajstić information content (AvgIpc) is 2.54. The summed E-state index contributed by atoms with van der Waals surface area (Å²) in [4.78, 5) is 11.5. The first-order chi connectivity index (χ1) is 8.69. The molecule has 1 heterocycles. The number of hydrogen-bond donors (Lipinski definition) is 2. The maximum Gasteiger partial charge on any atom is 0.222 e. The van der Waals surface area contributed by atoms with Gasteiger partial charge in [0, 0.05) is 19.0 Å². The number of carbonyl (C=O) groups excluding carboxylic acids is 1. The van der Waals surface area contributed by atoms with Crippen molar-refractivity contribution in [2.24, 2.45) is 0 Å². The molecule has 1 aliphatic heterocycles. The monoisotopic (exact) mass is 248 g/mol. The first-order valence-electron chi connectivity index (χ1n) is 6.37. The van der Waals surface area contributed by atoms with E-state index < -0.39 is 0 Å². The van der Waals surface area contributed by atoms with Gasteiger partial charge in [-0.3, -0.25) is 4.79 Å². The normalized spacial score (nSPS) is 19.9. The van der Waals surface area contributed by atoms with Gasteiger partial charge in [-0.2, -0.15) is 0 Å². The average molecular weight is 248 g/mol. The van der Waals surface area contributed by atoms with Crippen molar-refractivity contribution in [2.75, 3.05) is 19.0 Å². The number of anilines is 1. The first-order valence-corrected chi connectivity index (χ1v) is 6.37. The molecule has 1 amide bonds. The molecule has 98 valence electrons. The topological polar surface area (TPSA) is 50.4 Å². The molecule has 0 radical (unpaired) electrons. The molecule has 1 fully saturated rings. The second-order valence-electron chi connectivity index (χ2n) is 4.74. The molecule has 4 heteroatoms. The second kappa shape index (κ2) is 5.76. The van der Waals surface area contributed by atoms with E-state index in [-0.39, 0.29) is 11.9 Å². The minimum atomic E-state index is 0.122. The van der Waals surface area contributed by atoms with Gasteiger partial charge >= 0.3 is 0 Å². The molecule has 1 aromatic carbocycles. The van der Waals surface area contributed by atoms with Crippen LogP contribution in [0.2, 0.25) is 0 Å². The van der Waals surface area contributed by atoms with Crippen LogP contribution in [0.25, 0.3) is 0 Å². The smallest absolute Gasteiger partial charge is 0.222 e. The van der Waals surface area contributed by atoms with Crippen LogP contribution in [0.1, 0.15) is 24.8 Å². The lowest BCUT2D eigenvalue weighted by Gasteiger charge is -2.19. The van der Waals surface area contributed by atoms with E-state index in [2.05, 4.69) is 16.7 Å².